The maximum atomic E-state index is 8.98. The summed E-state index contributed by atoms with van der Waals surface area (Å²) in [6.07, 6.45) is 9.46. The number of nitrogens with zero attached hydrogens (tertiary/aromatic N) is 2. The predicted octanol–water partition coefficient (Wildman–Crippen LogP) is 5.15. The van der Waals surface area contributed by atoms with Gasteiger partial charge >= 0.3 is 0 Å². The Bertz CT molecular complexity index is 1020. The monoisotopic (exact) mass is 340 g/mol. The summed E-state index contributed by atoms with van der Waals surface area (Å²) >= 11 is 0. The number of nitriles is 1. The fourth-order valence-electron chi connectivity index (χ4n) is 3.33. The minimum atomic E-state index is 0.697. The SMILES string of the molecule is N#Cc1cccc(/C=C/C2=CCN(Cc3coc4ccccc34)CC2)c1. The maximum absolute atomic E-state index is 8.98. The third kappa shape index (κ3) is 3.61. The molecule has 0 radical (unpaired) electrons. The van der Waals surface area contributed by atoms with Crippen molar-refractivity contribution in [2.75, 3.05) is 13.1 Å². The zero-order chi connectivity index (χ0) is 17.8. The van der Waals surface area contributed by atoms with Crippen LogP contribution in [-0.4, -0.2) is 18.0 Å². The number of hydrogen-bond donors (Lipinski definition) is 0. The highest BCUT2D eigenvalue weighted by atomic mass is 16.3. The van der Waals surface area contributed by atoms with E-state index in [1.807, 2.05) is 42.7 Å². The van der Waals surface area contributed by atoms with Crippen molar-refractivity contribution < 1.29 is 4.42 Å². The lowest BCUT2D eigenvalue weighted by atomic mass is 10.0. The molecule has 0 saturated carbocycles. The topological polar surface area (TPSA) is 40.2 Å². The average Bonchev–Trinajstić information content (AvgIpc) is 3.11. The second-order valence-electron chi connectivity index (χ2n) is 6.59. The molecule has 26 heavy (non-hydrogen) atoms. The summed E-state index contributed by atoms with van der Waals surface area (Å²) in [6, 6.07) is 18.1. The Morgan fingerprint density at radius 1 is 1.12 bits per heavy atom. The molecule has 128 valence electrons. The van der Waals surface area contributed by atoms with E-state index in [0.29, 0.717) is 5.56 Å². The summed E-state index contributed by atoms with van der Waals surface area (Å²) in [5.74, 6) is 0. The molecule has 0 spiro atoms. The third-order valence-corrected chi connectivity index (χ3v) is 4.79. The van der Waals surface area contributed by atoms with Crippen LogP contribution in [0, 0.1) is 11.3 Å². The van der Waals surface area contributed by atoms with Crippen molar-refractivity contribution in [3.8, 4) is 6.07 Å². The van der Waals surface area contributed by atoms with Crippen molar-refractivity contribution in [1.82, 2.24) is 4.90 Å². The highest BCUT2D eigenvalue weighted by molar-refractivity contribution is 5.80. The van der Waals surface area contributed by atoms with Gasteiger partial charge in [0.25, 0.3) is 0 Å². The lowest BCUT2D eigenvalue weighted by molar-refractivity contribution is 0.287. The lowest BCUT2D eigenvalue weighted by Crippen LogP contribution is -2.27. The second kappa shape index (κ2) is 7.43. The van der Waals surface area contributed by atoms with Gasteiger partial charge in [0.2, 0.25) is 0 Å². The second-order valence-corrected chi connectivity index (χ2v) is 6.59. The van der Waals surface area contributed by atoms with Gasteiger partial charge in [0, 0.05) is 30.6 Å². The van der Waals surface area contributed by atoms with Crippen molar-refractivity contribution in [3.05, 3.63) is 89.2 Å². The number of furan rings is 1. The fourth-order valence-corrected chi connectivity index (χ4v) is 3.33. The Morgan fingerprint density at radius 3 is 2.88 bits per heavy atom. The van der Waals surface area contributed by atoms with Gasteiger partial charge in [0.05, 0.1) is 17.9 Å². The van der Waals surface area contributed by atoms with Gasteiger partial charge in [-0.15, -0.1) is 0 Å². The summed E-state index contributed by atoms with van der Waals surface area (Å²) < 4.78 is 5.64. The third-order valence-electron chi connectivity index (χ3n) is 4.79. The molecule has 1 aliphatic heterocycles. The number of hydrogen-bond acceptors (Lipinski definition) is 3. The van der Waals surface area contributed by atoms with Crippen molar-refractivity contribution in [3.63, 3.8) is 0 Å². The molecule has 0 N–H and O–H groups in total. The number of para-hydroxylation sites is 1. The summed E-state index contributed by atoms with van der Waals surface area (Å²) in [5, 5.41) is 10.2. The molecular weight excluding hydrogens is 320 g/mol. The molecule has 0 unspecified atom stereocenters. The normalized spacial score (nSPS) is 15.3. The summed E-state index contributed by atoms with van der Waals surface area (Å²) in [7, 11) is 0. The molecule has 3 heteroatoms. The largest absolute Gasteiger partial charge is 0.464 e. The van der Waals surface area contributed by atoms with E-state index < -0.39 is 0 Å². The molecule has 3 nitrogen and oxygen atoms in total. The minimum Gasteiger partial charge on any atom is -0.464 e. The Kier molecular flexibility index (Phi) is 4.68. The van der Waals surface area contributed by atoms with Crippen molar-refractivity contribution in [1.29, 1.82) is 5.26 Å². The molecule has 0 aliphatic carbocycles. The number of allylic oxidation sites excluding steroid dienone is 1. The molecule has 3 aromatic rings. The van der Waals surface area contributed by atoms with Gasteiger partial charge in [0.1, 0.15) is 5.58 Å². The van der Waals surface area contributed by atoms with E-state index in [1.54, 1.807) is 0 Å². The Labute approximate surface area is 153 Å². The standard InChI is InChI=1S/C23H20N2O/c24-15-20-5-3-4-19(14-20)9-8-18-10-12-25(13-11-18)16-21-17-26-23-7-2-1-6-22(21)23/h1-10,14,17H,11-13,16H2/b9-8+. The molecule has 1 aliphatic rings. The van der Waals surface area contributed by atoms with E-state index in [9.17, 15) is 0 Å². The van der Waals surface area contributed by atoms with Gasteiger partial charge in [0.15, 0.2) is 0 Å². The van der Waals surface area contributed by atoms with Crippen LogP contribution in [0.2, 0.25) is 0 Å². The molecular formula is C23H20N2O. The van der Waals surface area contributed by atoms with Crippen LogP contribution in [0.3, 0.4) is 0 Å². The molecule has 2 heterocycles. The smallest absolute Gasteiger partial charge is 0.134 e. The van der Waals surface area contributed by atoms with Gasteiger partial charge in [-0.25, -0.2) is 0 Å². The molecule has 0 bridgehead atoms. The number of rotatable bonds is 4. The highest BCUT2D eigenvalue weighted by Gasteiger charge is 2.13. The van der Waals surface area contributed by atoms with E-state index in [0.717, 1.165) is 37.2 Å². The average molecular weight is 340 g/mol. The Balaban J connectivity index is 1.40. The molecule has 2 aromatic carbocycles. The van der Waals surface area contributed by atoms with Gasteiger partial charge in [-0.1, -0.05) is 48.6 Å². The van der Waals surface area contributed by atoms with E-state index in [-0.39, 0.29) is 0 Å². The Morgan fingerprint density at radius 2 is 2.04 bits per heavy atom. The molecule has 4 rings (SSSR count). The molecule has 0 atom stereocenters. The molecule has 0 amide bonds. The van der Waals surface area contributed by atoms with Crippen LogP contribution in [0.4, 0.5) is 0 Å². The van der Waals surface area contributed by atoms with Crippen molar-refractivity contribution in [2.45, 2.75) is 13.0 Å². The lowest BCUT2D eigenvalue weighted by Gasteiger charge is -2.25. The van der Waals surface area contributed by atoms with Crippen LogP contribution >= 0.6 is 0 Å². The zero-order valence-corrected chi connectivity index (χ0v) is 14.6. The first-order valence-electron chi connectivity index (χ1n) is 8.86. The van der Waals surface area contributed by atoms with Gasteiger partial charge in [-0.2, -0.15) is 5.26 Å². The van der Waals surface area contributed by atoms with Crippen LogP contribution in [0.5, 0.6) is 0 Å². The summed E-state index contributed by atoms with van der Waals surface area (Å²) in [6.45, 7) is 2.89. The summed E-state index contributed by atoms with van der Waals surface area (Å²) in [4.78, 5) is 2.44. The summed E-state index contributed by atoms with van der Waals surface area (Å²) in [5.41, 5.74) is 5.32. The van der Waals surface area contributed by atoms with Gasteiger partial charge in [-0.05, 0) is 35.8 Å². The van der Waals surface area contributed by atoms with E-state index in [1.165, 1.54) is 16.5 Å². The van der Waals surface area contributed by atoms with Crippen molar-refractivity contribution in [2.24, 2.45) is 0 Å². The van der Waals surface area contributed by atoms with Gasteiger partial charge < -0.3 is 4.42 Å². The number of fused-ring (bicyclic) bond motifs is 1. The van der Waals surface area contributed by atoms with E-state index >= 15 is 0 Å². The number of benzene rings is 2. The molecule has 0 fully saturated rings. The van der Waals surface area contributed by atoms with E-state index in [2.05, 4.69) is 41.3 Å². The maximum Gasteiger partial charge on any atom is 0.134 e. The predicted molar refractivity (Wildman–Crippen MR) is 104 cm³/mol. The first-order chi connectivity index (χ1) is 12.8. The van der Waals surface area contributed by atoms with Crippen LogP contribution < -0.4 is 0 Å². The quantitative estimate of drug-likeness (QED) is 0.659. The minimum absolute atomic E-state index is 0.697. The van der Waals surface area contributed by atoms with Crippen LogP contribution in [0.1, 0.15) is 23.1 Å². The molecule has 0 saturated heterocycles. The highest BCUT2D eigenvalue weighted by Crippen LogP contribution is 2.23. The van der Waals surface area contributed by atoms with Crippen molar-refractivity contribution >= 4 is 17.0 Å². The van der Waals surface area contributed by atoms with E-state index in [4.69, 9.17) is 9.68 Å². The first kappa shape index (κ1) is 16.4. The molecule has 1 aromatic heterocycles. The fraction of sp³-hybridized carbons (Fsp3) is 0.174. The van der Waals surface area contributed by atoms with Crippen LogP contribution in [0.15, 0.2) is 76.9 Å². The van der Waals surface area contributed by atoms with Gasteiger partial charge in [-0.3, -0.25) is 4.90 Å². The van der Waals surface area contributed by atoms with Crippen LogP contribution in [-0.2, 0) is 6.54 Å². The zero-order valence-electron chi connectivity index (χ0n) is 14.6. The van der Waals surface area contributed by atoms with Crippen LogP contribution in [0.25, 0.3) is 17.0 Å². The Hall–Kier alpha value is -3.09. The first-order valence-corrected chi connectivity index (χ1v) is 8.86.